The van der Waals surface area contributed by atoms with Crippen molar-refractivity contribution in [3.05, 3.63) is 12.2 Å². The lowest BCUT2D eigenvalue weighted by Gasteiger charge is -2.39. The molecule has 1 heterocycles. The van der Waals surface area contributed by atoms with Crippen LogP contribution in [0.15, 0.2) is 12.2 Å². The number of aliphatic hydroxyl groups excluding tert-OH is 4. The maximum Gasteiger partial charge on any atom is 0.306 e. The molecule has 0 aromatic carbocycles. The highest BCUT2D eigenvalue weighted by molar-refractivity contribution is 5.69. The van der Waals surface area contributed by atoms with Crippen molar-refractivity contribution in [3.8, 4) is 0 Å². The van der Waals surface area contributed by atoms with Crippen molar-refractivity contribution in [2.75, 3.05) is 26.4 Å². The molecule has 9 heteroatoms. The molecule has 1 rings (SSSR count). The Hall–Kier alpha value is -1.07. The predicted octanol–water partition coefficient (Wildman–Crippen LogP) is 8.47. The molecular weight excluding hydrogens is 636 g/mol. The summed E-state index contributed by atoms with van der Waals surface area (Å²) < 4.78 is 22.7. The molecule has 0 aromatic rings. The van der Waals surface area contributed by atoms with Crippen LogP contribution in [0, 0.1) is 0 Å². The smallest absolute Gasteiger partial charge is 0.306 e. The van der Waals surface area contributed by atoms with Gasteiger partial charge in [0.2, 0.25) is 0 Å². The molecule has 6 unspecified atom stereocenters. The molecule has 1 aliphatic rings. The molecule has 4 N–H and O–H groups in total. The van der Waals surface area contributed by atoms with Crippen molar-refractivity contribution in [1.29, 1.82) is 0 Å². The Morgan fingerprint density at radius 2 is 1.10 bits per heavy atom. The van der Waals surface area contributed by atoms with E-state index < -0.39 is 43.4 Å². The first-order valence-corrected chi connectivity index (χ1v) is 20.8. The van der Waals surface area contributed by atoms with E-state index >= 15 is 0 Å². The average Bonchev–Trinajstić information content (AvgIpc) is 3.11. The molecular formula is C41H78O9. The summed E-state index contributed by atoms with van der Waals surface area (Å²) in [5.41, 5.74) is 0. The summed E-state index contributed by atoms with van der Waals surface area (Å²) >= 11 is 0. The molecule has 0 bridgehead atoms. The van der Waals surface area contributed by atoms with Gasteiger partial charge in [0.1, 0.15) is 30.5 Å². The second-order valence-corrected chi connectivity index (χ2v) is 14.4. The number of allylic oxidation sites excluding steroid dienone is 2. The molecule has 0 aromatic heterocycles. The van der Waals surface area contributed by atoms with Crippen LogP contribution in [0.25, 0.3) is 0 Å². The van der Waals surface area contributed by atoms with Gasteiger partial charge in [-0.1, -0.05) is 148 Å². The quantitative estimate of drug-likeness (QED) is 0.0290. The van der Waals surface area contributed by atoms with Crippen LogP contribution in [0.5, 0.6) is 0 Å². The van der Waals surface area contributed by atoms with E-state index in [4.69, 9.17) is 18.9 Å². The van der Waals surface area contributed by atoms with Gasteiger partial charge >= 0.3 is 5.97 Å². The number of ether oxygens (including phenoxy) is 4. The molecule has 296 valence electrons. The second-order valence-electron chi connectivity index (χ2n) is 14.4. The summed E-state index contributed by atoms with van der Waals surface area (Å²) in [5, 5.41) is 39.9. The first-order valence-electron chi connectivity index (χ1n) is 20.8. The molecule has 50 heavy (non-hydrogen) atoms. The molecule has 1 saturated heterocycles. The number of hydrogen-bond acceptors (Lipinski definition) is 9. The van der Waals surface area contributed by atoms with E-state index in [1.54, 1.807) is 0 Å². The number of rotatable bonds is 35. The van der Waals surface area contributed by atoms with Gasteiger partial charge in [0.25, 0.3) is 0 Å². The fourth-order valence-corrected chi connectivity index (χ4v) is 6.37. The Morgan fingerprint density at radius 1 is 0.620 bits per heavy atom. The SMILES string of the molecule is CCCCCCCC/C=C\CCCCCCCCCCCCOCC(COC1OC(CO)C(O)C(O)C1O)OC(=O)CCCCCCCCC. The van der Waals surface area contributed by atoms with Crippen molar-refractivity contribution in [3.63, 3.8) is 0 Å². The van der Waals surface area contributed by atoms with Crippen molar-refractivity contribution >= 4 is 5.97 Å². The van der Waals surface area contributed by atoms with Gasteiger partial charge in [0.05, 0.1) is 19.8 Å². The summed E-state index contributed by atoms with van der Waals surface area (Å²) in [6.45, 7) is 4.52. The van der Waals surface area contributed by atoms with Crippen LogP contribution in [0.1, 0.15) is 181 Å². The third-order valence-electron chi connectivity index (χ3n) is 9.68. The van der Waals surface area contributed by atoms with E-state index in [2.05, 4.69) is 26.0 Å². The van der Waals surface area contributed by atoms with E-state index in [0.29, 0.717) is 13.0 Å². The fourth-order valence-electron chi connectivity index (χ4n) is 6.37. The molecule has 1 aliphatic heterocycles. The van der Waals surface area contributed by atoms with Crippen LogP contribution in [-0.2, 0) is 23.7 Å². The van der Waals surface area contributed by atoms with Gasteiger partial charge in [-0.15, -0.1) is 0 Å². The molecule has 6 atom stereocenters. The Morgan fingerprint density at radius 3 is 1.62 bits per heavy atom. The van der Waals surface area contributed by atoms with Gasteiger partial charge in [-0.25, -0.2) is 0 Å². The highest BCUT2D eigenvalue weighted by atomic mass is 16.7. The average molecular weight is 715 g/mol. The molecule has 1 fully saturated rings. The third kappa shape index (κ3) is 25.0. The van der Waals surface area contributed by atoms with Crippen LogP contribution in [0.3, 0.4) is 0 Å². The van der Waals surface area contributed by atoms with E-state index in [1.165, 1.54) is 128 Å². The molecule has 0 radical (unpaired) electrons. The number of carbonyl (C=O) groups is 1. The van der Waals surface area contributed by atoms with Crippen molar-refractivity contribution in [1.82, 2.24) is 0 Å². The number of aliphatic hydroxyl groups is 4. The largest absolute Gasteiger partial charge is 0.457 e. The minimum Gasteiger partial charge on any atom is -0.457 e. The van der Waals surface area contributed by atoms with Crippen LogP contribution in [0.2, 0.25) is 0 Å². The minimum absolute atomic E-state index is 0.110. The number of hydrogen-bond donors (Lipinski definition) is 4. The zero-order valence-corrected chi connectivity index (χ0v) is 32.2. The Labute approximate surface area is 305 Å². The van der Waals surface area contributed by atoms with Gasteiger partial charge in [-0.05, 0) is 38.5 Å². The van der Waals surface area contributed by atoms with Crippen molar-refractivity contribution < 1.29 is 44.2 Å². The summed E-state index contributed by atoms with van der Waals surface area (Å²) in [6.07, 6.45) is 28.3. The lowest BCUT2D eigenvalue weighted by molar-refractivity contribution is -0.305. The van der Waals surface area contributed by atoms with Crippen LogP contribution >= 0.6 is 0 Å². The Bertz CT molecular complexity index is 777. The highest BCUT2D eigenvalue weighted by Crippen LogP contribution is 2.22. The third-order valence-corrected chi connectivity index (χ3v) is 9.68. The monoisotopic (exact) mass is 715 g/mol. The summed E-state index contributed by atoms with van der Waals surface area (Å²) in [5.74, 6) is -0.319. The van der Waals surface area contributed by atoms with Gasteiger partial charge < -0.3 is 39.4 Å². The lowest BCUT2D eigenvalue weighted by Crippen LogP contribution is -2.59. The van der Waals surface area contributed by atoms with Gasteiger partial charge in [-0.2, -0.15) is 0 Å². The standard InChI is InChI=1S/C41H78O9/c1-3-5-7-9-11-12-13-14-15-16-17-18-19-20-21-22-23-25-27-29-31-47-33-35(49-37(43)30-28-26-24-10-8-6-4-2)34-48-41-40(46)39(45)38(44)36(32-42)50-41/h14-15,35-36,38-42,44-46H,3-13,16-34H2,1-2H3/b15-14-. The first kappa shape index (κ1) is 47.0. The highest BCUT2D eigenvalue weighted by Gasteiger charge is 2.44. The minimum atomic E-state index is -1.53. The van der Waals surface area contributed by atoms with Gasteiger partial charge in [0, 0.05) is 13.0 Å². The van der Waals surface area contributed by atoms with Gasteiger partial charge in [0.15, 0.2) is 6.29 Å². The number of carbonyl (C=O) groups excluding carboxylic acids is 1. The van der Waals surface area contributed by atoms with Crippen LogP contribution in [-0.4, -0.2) is 89.6 Å². The molecule has 0 saturated carbocycles. The van der Waals surface area contributed by atoms with E-state index in [9.17, 15) is 25.2 Å². The molecule has 0 aliphatic carbocycles. The van der Waals surface area contributed by atoms with E-state index in [-0.39, 0.29) is 19.2 Å². The number of unbranched alkanes of at least 4 members (excludes halogenated alkanes) is 22. The Balaban J connectivity index is 2.19. The lowest BCUT2D eigenvalue weighted by atomic mass is 9.99. The van der Waals surface area contributed by atoms with Gasteiger partial charge in [-0.3, -0.25) is 4.79 Å². The normalized spacial score (nSPS) is 21.6. The van der Waals surface area contributed by atoms with Crippen LogP contribution < -0.4 is 0 Å². The predicted molar refractivity (Wildman–Crippen MR) is 201 cm³/mol. The zero-order chi connectivity index (χ0) is 36.5. The zero-order valence-electron chi connectivity index (χ0n) is 32.2. The van der Waals surface area contributed by atoms with Crippen LogP contribution in [0.4, 0.5) is 0 Å². The van der Waals surface area contributed by atoms with Crippen molar-refractivity contribution in [2.24, 2.45) is 0 Å². The van der Waals surface area contributed by atoms with E-state index in [1.807, 2.05) is 0 Å². The summed E-state index contributed by atoms with van der Waals surface area (Å²) in [6, 6.07) is 0. The summed E-state index contributed by atoms with van der Waals surface area (Å²) in [4.78, 5) is 12.6. The Kier molecular flexibility index (Phi) is 31.7. The molecule has 9 nitrogen and oxygen atoms in total. The van der Waals surface area contributed by atoms with E-state index in [0.717, 1.165) is 32.1 Å². The van der Waals surface area contributed by atoms with Crippen molar-refractivity contribution in [2.45, 2.75) is 218 Å². The molecule has 0 amide bonds. The summed E-state index contributed by atoms with van der Waals surface area (Å²) in [7, 11) is 0. The molecule has 0 spiro atoms. The first-order chi connectivity index (χ1) is 24.4. The maximum absolute atomic E-state index is 12.6. The second kappa shape index (κ2) is 33.7. The topological polar surface area (TPSA) is 135 Å². The number of esters is 1. The maximum atomic E-state index is 12.6. The fraction of sp³-hybridized carbons (Fsp3) is 0.927.